The molecular formula is C18H13BrN2O4. The summed E-state index contributed by atoms with van der Waals surface area (Å²) in [7, 11) is 0. The van der Waals surface area contributed by atoms with Gasteiger partial charge in [-0.05, 0) is 35.9 Å². The van der Waals surface area contributed by atoms with E-state index in [0.717, 1.165) is 4.47 Å². The molecule has 0 aliphatic heterocycles. The largest absolute Gasteiger partial charge is 0.481 e. The SMILES string of the molecule is N#CCC(=O)Nc1c(CC(=O)O)cccc1C(=O)c1ccc(Br)cc1. The molecule has 0 fully saturated rings. The van der Waals surface area contributed by atoms with E-state index in [0.29, 0.717) is 11.1 Å². The summed E-state index contributed by atoms with van der Waals surface area (Å²) in [5.74, 6) is -2.05. The third-order valence-electron chi connectivity index (χ3n) is 3.35. The van der Waals surface area contributed by atoms with Gasteiger partial charge in [-0.15, -0.1) is 0 Å². The van der Waals surface area contributed by atoms with E-state index in [9.17, 15) is 14.4 Å². The topological polar surface area (TPSA) is 107 Å². The maximum absolute atomic E-state index is 12.8. The van der Waals surface area contributed by atoms with Crippen LogP contribution >= 0.6 is 15.9 Å². The fraction of sp³-hybridized carbons (Fsp3) is 0.111. The van der Waals surface area contributed by atoms with Gasteiger partial charge < -0.3 is 10.4 Å². The first-order valence-corrected chi connectivity index (χ1v) is 8.02. The molecule has 0 aromatic heterocycles. The second-order valence-corrected chi connectivity index (χ2v) is 6.04. The van der Waals surface area contributed by atoms with Gasteiger partial charge in [0.2, 0.25) is 5.91 Å². The molecule has 0 saturated heterocycles. The zero-order valence-corrected chi connectivity index (χ0v) is 14.5. The molecular weight excluding hydrogens is 388 g/mol. The number of hydrogen-bond donors (Lipinski definition) is 2. The van der Waals surface area contributed by atoms with Crippen LogP contribution in [0, 0.1) is 11.3 Å². The minimum Gasteiger partial charge on any atom is -0.481 e. The van der Waals surface area contributed by atoms with Crippen molar-refractivity contribution >= 4 is 39.3 Å². The van der Waals surface area contributed by atoms with Gasteiger partial charge in [0, 0.05) is 15.6 Å². The number of carboxylic acid groups (broad SMARTS) is 1. The number of halogens is 1. The predicted octanol–water partition coefficient (Wildman–Crippen LogP) is 3.16. The third-order valence-corrected chi connectivity index (χ3v) is 3.88. The quantitative estimate of drug-likeness (QED) is 0.724. The molecule has 1 amide bonds. The Labute approximate surface area is 152 Å². The highest BCUT2D eigenvalue weighted by molar-refractivity contribution is 9.10. The lowest BCUT2D eigenvalue weighted by Crippen LogP contribution is -2.17. The summed E-state index contributed by atoms with van der Waals surface area (Å²) in [4.78, 5) is 35.7. The van der Waals surface area contributed by atoms with E-state index in [4.69, 9.17) is 10.4 Å². The van der Waals surface area contributed by atoms with Gasteiger partial charge in [0.25, 0.3) is 0 Å². The van der Waals surface area contributed by atoms with Crippen molar-refractivity contribution in [2.45, 2.75) is 12.8 Å². The van der Waals surface area contributed by atoms with Crippen LogP contribution in [0.2, 0.25) is 0 Å². The zero-order valence-electron chi connectivity index (χ0n) is 13.0. The third kappa shape index (κ3) is 4.75. The van der Waals surface area contributed by atoms with E-state index in [1.54, 1.807) is 36.4 Å². The van der Waals surface area contributed by atoms with Crippen molar-refractivity contribution in [3.63, 3.8) is 0 Å². The van der Waals surface area contributed by atoms with Crippen molar-refractivity contribution < 1.29 is 19.5 Å². The number of amides is 1. The fourth-order valence-electron chi connectivity index (χ4n) is 2.26. The molecule has 0 saturated carbocycles. The van der Waals surface area contributed by atoms with E-state index >= 15 is 0 Å². The van der Waals surface area contributed by atoms with E-state index in [2.05, 4.69) is 21.2 Å². The van der Waals surface area contributed by atoms with Crippen LogP contribution in [0.1, 0.15) is 27.9 Å². The number of hydrogen-bond acceptors (Lipinski definition) is 4. The van der Waals surface area contributed by atoms with Crippen LogP contribution in [0.15, 0.2) is 46.9 Å². The van der Waals surface area contributed by atoms with Crippen molar-refractivity contribution in [3.05, 3.63) is 63.6 Å². The summed E-state index contributed by atoms with van der Waals surface area (Å²) in [5.41, 5.74) is 0.985. The number of ketones is 1. The van der Waals surface area contributed by atoms with Crippen LogP contribution < -0.4 is 5.32 Å². The normalized spacial score (nSPS) is 9.92. The van der Waals surface area contributed by atoms with Crippen LogP contribution in [0.5, 0.6) is 0 Å². The fourth-order valence-corrected chi connectivity index (χ4v) is 2.52. The number of rotatable bonds is 6. The van der Waals surface area contributed by atoms with Gasteiger partial charge in [-0.3, -0.25) is 14.4 Å². The predicted molar refractivity (Wildman–Crippen MR) is 94.2 cm³/mol. The number of para-hydroxylation sites is 1. The van der Waals surface area contributed by atoms with Gasteiger partial charge >= 0.3 is 5.97 Å². The minimum absolute atomic E-state index is 0.123. The van der Waals surface area contributed by atoms with Gasteiger partial charge in [0.15, 0.2) is 5.78 Å². The average Bonchev–Trinajstić information content (AvgIpc) is 2.56. The molecule has 6 nitrogen and oxygen atoms in total. The summed E-state index contributed by atoms with van der Waals surface area (Å²) >= 11 is 3.29. The number of nitrogens with zero attached hydrogens (tertiary/aromatic N) is 1. The van der Waals surface area contributed by atoms with Gasteiger partial charge in [0.05, 0.1) is 18.2 Å². The van der Waals surface area contributed by atoms with Crippen molar-refractivity contribution in [1.29, 1.82) is 5.26 Å². The molecule has 0 aliphatic rings. The molecule has 25 heavy (non-hydrogen) atoms. The Morgan fingerprint density at radius 3 is 2.40 bits per heavy atom. The van der Waals surface area contributed by atoms with Crippen LogP contribution in [-0.4, -0.2) is 22.8 Å². The van der Waals surface area contributed by atoms with E-state index in [1.807, 2.05) is 0 Å². The first-order chi connectivity index (χ1) is 11.9. The Morgan fingerprint density at radius 1 is 1.12 bits per heavy atom. The summed E-state index contributed by atoms with van der Waals surface area (Å²) < 4.78 is 0.811. The van der Waals surface area contributed by atoms with Crippen LogP contribution in [-0.2, 0) is 16.0 Å². The maximum atomic E-state index is 12.8. The summed E-state index contributed by atoms with van der Waals surface area (Å²) in [5, 5.41) is 20.2. The lowest BCUT2D eigenvalue weighted by molar-refractivity contribution is -0.136. The molecule has 0 heterocycles. The van der Waals surface area contributed by atoms with Crippen molar-refractivity contribution in [3.8, 4) is 6.07 Å². The standard InChI is InChI=1S/C18H13BrN2O4/c19-13-6-4-11(5-7-13)18(25)14-3-1-2-12(10-16(23)24)17(14)21-15(22)8-9-20/h1-7H,8,10H2,(H,21,22)(H,23,24). The molecule has 0 radical (unpaired) electrons. The Morgan fingerprint density at radius 2 is 1.80 bits per heavy atom. The molecule has 2 N–H and O–H groups in total. The number of nitrogens with one attached hydrogen (secondary N) is 1. The molecule has 2 aromatic rings. The Bertz CT molecular complexity index is 870. The molecule has 0 aliphatic carbocycles. The van der Waals surface area contributed by atoms with Crippen LogP contribution in [0.3, 0.4) is 0 Å². The van der Waals surface area contributed by atoms with E-state index in [-0.39, 0.29) is 23.5 Å². The van der Waals surface area contributed by atoms with Gasteiger partial charge in [0.1, 0.15) is 6.42 Å². The molecule has 0 unspecified atom stereocenters. The summed E-state index contributed by atoms with van der Waals surface area (Å²) in [6, 6.07) is 13.0. The zero-order chi connectivity index (χ0) is 18.4. The smallest absolute Gasteiger partial charge is 0.307 e. The lowest BCUT2D eigenvalue weighted by Gasteiger charge is -2.14. The van der Waals surface area contributed by atoms with E-state index in [1.165, 1.54) is 12.1 Å². The van der Waals surface area contributed by atoms with Gasteiger partial charge in [-0.25, -0.2) is 0 Å². The summed E-state index contributed by atoms with van der Waals surface area (Å²) in [6.45, 7) is 0. The highest BCUT2D eigenvalue weighted by Crippen LogP contribution is 2.25. The van der Waals surface area contributed by atoms with Crippen LogP contribution in [0.4, 0.5) is 5.69 Å². The second kappa shape index (κ2) is 8.22. The first kappa shape index (κ1) is 18.4. The van der Waals surface area contributed by atoms with Gasteiger partial charge in [-0.2, -0.15) is 5.26 Å². The highest BCUT2D eigenvalue weighted by Gasteiger charge is 2.19. The maximum Gasteiger partial charge on any atom is 0.307 e. The number of anilines is 1. The first-order valence-electron chi connectivity index (χ1n) is 7.23. The monoisotopic (exact) mass is 400 g/mol. The number of benzene rings is 2. The number of carboxylic acids is 1. The van der Waals surface area contributed by atoms with Crippen LogP contribution in [0.25, 0.3) is 0 Å². The molecule has 126 valence electrons. The Kier molecular flexibility index (Phi) is 6.03. The average molecular weight is 401 g/mol. The molecule has 2 aromatic carbocycles. The van der Waals surface area contributed by atoms with Gasteiger partial charge in [-0.1, -0.05) is 28.1 Å². The number of carbonyl (C=O) groups is 3. The number of nitriles is 1. The molecule has 2 rings (SSSR count). The van der Waals surface area contributed by atoms with E-state index < -0.39 is 18.3 Å². The Hall–Kier alpha value is -2.98. The molecule has 0 atom stereocenters. The minimum atomic E-state index is -1.09. The Balaban J connectivity index is 2.50. The summed E-state index contributed by atoms with van der Waals surface area (Å²) in [6.07, 6.45) is -0.753. The number of carbonyl (C=O) groups excluding carboxylic acids is 2. The second-order valence-electron chi connectivity index (χ2n) is 5.13. The van der Waals surface area contributed by atoms with Crippen molar-refractivity contribution in [2.75, 3.05) is 5.32 Å². The highest BCUT2D eigenvalue weighted by atomic mass is 79.9. The molecule has 7 heteroatoms. The van der Waals surface area contributed by atoms with Crippen molar-refractivity contribution in [2.24, 2.45) is 0 Å². The lowest BCUT2D eigenvalue weighted by atomic mass is 9.97. The number of aliphatic carboxylic acids is 1. The molecule has 0 spiro atoms. The van der Waals surface area contributed by atoms with Crippen molar-refractivity contribution in [1.82, 2.24) is 0 Å². The molecule has 0 bridgehead atoms.